The van der Waals surface area contributed by atoms with E-state index in [4.69, 9.17) is 21.6 Å². The van der Waals surface area contributed by atoms with Crippen LogP contribution in [0.15, 0.2) is 18.2 Å². The van der Waals surface area contributed by atoms with E-state index in [0.29, 0.717) is 22.8 Å². The molecule has 1 aromatic carbocycles. The Hall–Kier alpha value is -1.27. The Morgan fingerprint density at radius 1 is 1.50 bits per heavy atom. The molecule has 1 rings (SSSR count). The number of nitrogens with zero attached hydrogens (tertiary/aromatic N) is 1. The van der Waals surface area contributed by atoms with Gasteiger partial charge < -0.3 is 4.74 Å². The van der Waals surface area contributed by atoms with Crippen molar-refractivity contribution in [2.24, 2.45) is 0 Å². The van der Waals surface area contributed by atoms with Gasteiger partial charge in [0.2, 0.25) is 0 Å². The van der Waals surface area contributed by atoms with E-state index in [1.54, 1.807) is 18.2 Å². The smallest absolute Gasteiger partial charge is 0.138 e. The summed E-state index contributed by atoms with van der Waals surface area (Å²) in [6.45, 7) is -0.173. The monoisotopic (exact) mass is 213 g/mol. The Balaban J connectivity index is 2.73. The number of hydrogen-bond acceptors (Lipinski definition) is 2. The topological polar surface area (TPSA) is 33.0 Å². The molecule has 0 amide bonds. The number of halogens is 2. The average Bonchev–Trinajstić information content (AvgIpc) is 2.19. The molecule has 1 aromatic rings. The van der Waals surface area contributed by atoms with Gasteiger partial charge >= 0.3 is 0 Å². The van der Waals surface area contributed by atoms with Crippen LogP contribution < -0.4 is 4.74 Å². The maximum Gasteiger partial charge on any atom is 0.138 e. The molecule has 0 N–H and O–H groups in total. The average molecular weight is 214 g/mol. The van der Waals surface area contributed by atoms with Crippen molar-refractivity contribution in [2.45, 2.75) is 6.42 Å². The van der Waals surface area contributed by atoms with E-state index in [-0.39, 0.29) is 6.61 Å². The summed E-state index contributed by atoms with van der Waals surface area (Å²) in [6, 6.07) is 6.72. The molecule has 0 atom stereocenters. The standard InChI is InChI=1S/C10H9ClFNO/c11-9-3-2-8(7-13)10(6-9)14-5-1-4-12/h2-3,6H,1,4-5H2. The van der Waals surface area contributed by atoms with Gasteiger partial charge in [0.25, 0.3) is 0 Å². The summed E-state index contributed by atoms with van der Waals surface area (Å²) in [6.07, 6.45) is 0.317. The zero-order valence-corrected chi connectivity index (χ0v) is 8.22. The first-order valence-electron chi connectivity index (χ1n) is 4.16. The van der Waals surface area contributed by atoms with E-state index in [0.717, 1.165) is 0 Å². The SMILES string of the molecule is N#Cc1ccc(Cl)cc1OCCCF. The molecule has 0 aliphatic carbocycles. The first-order chi connectivity index (χ1) is 6.77. The van der Waals surface area contributed by atoms with Gasteiger partial charge in [0, 0.05) is 17.5 Å². The lowest BCUT2D eigenvalue weighted by atomic mass is 10.2. The van der Waals surface area contributed by atoms with E-state index in [2.05, 4.69) is 0 Å². The largest absolute Gasteiger partial charge is 0.492 e. The molecule has 14 heavy (non-hydrogen) atoms. The predicted octanol–water partition coefficient (Wildman–Crippen LogP) is 2.95. The van der Waals surface area contributed by atoms with Crippen molar-refractivity contribution in [1.82, 2.24) is 0 Å². The van der Waals surface area contributed by atoms with Crippen LogP contribution in [-0.4, -0.2) is 13.3 Å². The first kappa shape index (κ1) is 10.8. The van der Waals surface area contributed by atoms with Crippen molar-refractivity contribution in [3.05, 3.63) is 28.8 Å². The van der Waals surface area contributed by atoms with Crippen molar-refractivity contribution in [2.75, 3.05) is 13.3 Å². The van der Waals surface area contributed by atoms with Crippen LogP contribution in [0.3, 0.4) is 0 Å². The normalized spacial score (nSPS) is 9.50. The molecular weight excluding hydrogens is 205 g/mol. The second kappa shape index (κ2) is 5.46. The number of benzene rings is 1. The quantitative estimate of drug-likeness (QED) is 0.721. The first-order valence-corrected chi connectivity index (χ1v) is 4.54. The zero-order valence-electron chi connectivity index (χ0n) is 7.46. The van der Waals surface area contributed by atoms with E-state index in [1.165, 1.54) is 0 Å². The van der Waals surface area contributed by atoms with Crippen LogP contribution in [0.2, 0.25) is 5.02 Å². The van der Waals surface area contributed by atoms with Crippen LogP contribution in [0.4, 0.5) is 4.39 Å². The number of ether oxygens (including phenoxy) is 1. The van der Waals surface area contributed by atoms with Crippen LogP contribution >= 0.6 is 11.6 Å². The molecule has 0 saturated carbocycles. The molecule has 0 unspecified atom stereocenters. The molecule has 2 nitrogen and oxygen atoms in total. The maximum absolute atomic E-state index is 11.8. The highest BCUT2D eigenvalue weighted by molar-refractivity contribution is 6.30. The van der Waals surface area contributed by atoms with Crippen LogP contribution in [-0.2, 0) is 0 Å². The number of hydrogen-bond donors (Lipinski definition) is 0. The number of nitriles is 1. The number of rotatable bonds is 4. The van der Waals surface area contributed by atoms with E-state index in [9.17, 15) is 4.39 Å². The summed E-state index contributed by atoms with van der Waals surface area (Å²) in [5, 5.41) is 9.22. The highest BCUT2D eigenvalue weighted by Gasteiger charge is 2.03. The van der Waals surface area contributed by atoms with Crippen molar-refractivity contribution >= 4 is 11.6 Å². The molecule has 0 aromatic heterocycles. The van der Waals surface area contributed by atoms with Crippen LogP contribution in [0, 0.1) is 11.3 Å². The molecule has 74 valence electrons. The van der Waals surface area contributed by atoms with Gasteiger partial charge in [0.05, 0.1) is 18.8 Å². The Morgan fingerprint density at radius 3 is 2.93 bits per heavy atom. The van der Waals surface area contributed by atoms with E-state index >= 15 is 0 Å². The van der Waals surface area contributed by atoms with Gasteiger partial charge in [0.15, 0.2) is 0 Å². The van der Waals surface area contributed by atoms with Crippen molar-refractivity contribution in [1.29, 1.82) is 5.26 Å². The third kappa shape index (κ3) is 2.90. The lowest BCUT2D eigenvalue weighted by Crippen LogP contribution is -1.99. The minimum absolute atomic E-state index is 0.255. The predicted molar refractivity (Wildman–Crippen MR) is 52.3 cm³/mol. The van der Waals surface area contributed by atoms with Crippen LogP contribution in [0.5, 0.6) is 5.75 Å². The number of alkyl halides is 1. The second-order valence-corrected chi connectivity index (χ2v) is 3.08. The molecule has 0 heterocycles. The van der Waals surface area contributed by atoms with Gasteiger partial charge in [0.1, 0.15) is 11.8 Å². The summed E-state index contributed by atoms with van der Waals surface area (Å²) in [4.78, 5) is 0. The summed E-state index contributed by atoms with van der Waals surface area (Å²) in [5.41, 5.74) is 0.410. The van der Waals surface area contributed by atoms with Gasteiger partial charge in [-0.3, -0.25) is 4.39 Å². The maximum atomic E-state index is 11.8. The molecule has 0 fully saturated rings. The van der Waals surface area contributed by atoms with Gasteiger partial charge in [-0.05, 0) is 12.1 Å². The summed E-state index contributed by atoms with van der Waals surface area (Å²) < 4.78 is 17.0. The van der Waals surface area contributed by atoms with Gasteiger partial charge in [-0.1, -0.05) is 11.6 Å². The van der Waals surface area contributed by atoms with Crippen LogP contribution in [0.25, 0.3) is 0 Å². The highest BCUT2D eigenvalue weighted by Crippen LogP contribution is 2.22. The van der Waals surface area contributed by atoms with E-state index in [1.807, 2.05) is 6.07 Å². The zero-order chi connectivity index (χ0) is 10.4. The molecule has 0 bridgehead atoms. The van der Waals surface area contributed by atoms with Crippen molar-refractivity contribution < 1.29 is 9.13 Å². The van der Waals surface area contributed by atoms with Gasteiger partial charge in [-0.15, -0.1) is 0 Å². The van der Waals surface area contributed by atoms with Gasteiger partial charge in [-0.2, -0.15) is 5.26 Å². The molecule has 4 heteroatoms. The van der Waals surface area contributed by atoms with Crippen molar-refractivity contribution in [3.8, 4) is 11.8 Å². The Bertz CT molecular complexity index is 348. The second-order valence-electron chi connectivity index (χ2n) is 2.64. The third-order valence-electron chi connectivity index (χ3n) is 1.60. The lowest BCUT2D eigenvalue weighted by molar-refractivity contribution is 0.289. The summed E-state index contributed by atoms with van der Waals surface area (Å²) in [7, 11) is 0. The third-order valence-corrected chi connectivity index (χ3v) is 1.83. The highest BCUT2D eigenvalue weighted by atomic mass is 35.5. The van der Waals surface area contributed by atoms with Crippen LogP contribution in [0.1, 0.15) is 12.0 Å². The Kier molecular flexibility index (Phi) is 4.21. The lowest BCUT2D eigenvalue weighted by Gasteiger charge is -2.06. The minimum atomic E-state index is -0.428. The van der Waals surface area contributed by atoms with Crippen molar-refractivity contribution in [3.63, 3.8) is 0 Å². The summed E-state index contributed by atoms with van der Waals surface area (Å²) in [5.74, 6) is 0.411. The van der Waals surface area contributed by atoms with E-state index < -0.39 is 6.67 Å². The van der Waals surface area contributed by atoms with Gasteiger partial charge in [-0.25, -0.2) is 0 Å². The molecule has 0 saturated heterocycles. The Morgan fingerprint density at radius 2 is 2.29 bits per heavy atom. The molecule has 0 spiro atoms. The fraction of sp³-hybridized carbons (Fsp3) is 0.300. The fourth-order valence-corrected chi connectivity index (χ4v) is 1.11. The molecule has 0 radical (unpaired) electrons. The Labute approximate surface area is 86.9 Å². The molecule has 0 aliphatic heterocycles. The minimum Gasteiger partial charge on any atom is -0.492 e. The fourth-order valence-electron chi connectivity index (χ4n) is 0.945. The molecule has 0 aliphatic rings. The summed E-state index contributed by atoms with van der Waals surface area (Å²) >= 11 is 5.72. The molecular formula is C10H9ClFNO.